The standard InChI is InChI=1S/C23H24ClN5O4/c1-14-10-22(32)29(27-14)18-8-6-16(7-9-18)25-21(31)12-19-11-20(30)13-28(19)23(33)26-17-4-2-15(24)3-5-17/h2-10,19-20,27,30H,11-13H2,1H3,(H,25,31)(H,26,33)/t19-,20-/m1/s1. The van der Waals surface area contributed by atoms with E-state index in [0.29, 0.717) is 28.5 Å². The molecule has 0 aliphatic carbocycles. The lowest BCUT2D eigenvalue weighted by atomic mass is 10.1. The number of halogens is 1. The molecule has 1 fully saturated rings. The maximum absolute atomic E-state index is 12.7. The van der Waals surface area contributed by atoms with Gasteiger partial charge in [-0.2, -0.15) is 0 Å². The zero-order valence-electron chi connectivity index (χ0n) is 17.9. The van der Waals surface area contributed by atoms with E-state index in [1.807, 2.05) is 0 Å². The van der Waals surface area contributed by atoms with E-state index in [1.165, 1.54) is 15.6 Å². The van der Waals surface area contributed by atoms with Crippen molar-refractivity contribution in [1.82, 2.24) is 14.7 Å². The van der Waals surface area contributed by atoms with Crippen LogP contribution in [-0.4, -0.2) is 50.4 Å². The second-order valence-electron chi connectivity index (χ2n) is 8.04. The molecule has 3 aromatic rings. The molecule has 2 heterocycles. The van der Waals surface area contributed by atoms with Gasteiger partial charge in [0.1, 0.15) is 0 Å². The van der Waals surface area contributed by atoms with Crippen LogP contribution in [0.2, 0.25) is 5.02 Å². The minimum Gasteiger partial charge on any atom is -0.391 e. The molecule has 0 spiro atoms. The molecule has 10 heteroatoms. The number of nitrogens with zero attached hydrogens (tertiary/aromatic N) is 2. The third kappa shape index (κ3) is 5.44. The molecule has 0 radical (unpaired) electrons. The number of nitrogens with one attached hydrogen (secondary N) is 3. The number of carbonyl (C=O) groups excluding carboxylic acids is 2. The van der Waals surface area contributed by atoms with Crippen molar-refractivity contribution in [3.05, 3.63) is 75.7 Å². The van der Waals surface area contributed by atoms with Crippen molar-refractivity contribution in [2.45, 2.75) is 31.9 Å². The molecule has 3 amide bonds. The maximum Gasteiger partial charge on any atom is 0.322 e. The number of rotatable bonds is 5. The zero-order valence-corrected chi connectivity index (χ0v) is 18.7. The topological polar surface area (TPSA) is 119 Å². The Bertz CT molecular complexity index is 1200. The number of aliphatic hydroxyl groups is 1. The fraction of sp³-hybridized carbons (Fsp3) is 0.261. The molecule has 172 valence electrons. The summed E-state index contributed by atoms with van der Waals surface area (Å²) in [4.78, 5) is 38.7. The highest BCUT2D eigenvalue weighted by atomic mass is 35.5. The van der Waals surface area contributed by atoms with Crippen LogP contribution in [0, 0.1) is 6.92 Å². The van der Waals surface area contributed by atoms with Crippen LogP contribution in [0.4, 0.5) is 16.2 Å². The number of hydrogen-bond donors (Lipinski definition) is 4. The molecule has 1 aliphatic rings. The highest BCUT2D eigenvalue weighted by molar-refractivity contribution is 6.30. The fourth-order valence-electron chi connectivity index (χ4n) is 3.89. The monoisotopic (exact) mass is 469 g/mol. The molecular formula is C23H24ClN5O4. The molecule has 0 bridgehead atoms. The van der Waals surface area contributed by atoms with E-state index in [4.69, 9.17) is 11.6 Å². The van der Waals surface area contributed by atoms with Crippen molar-refractivity contribution in [3.63, 3.8) is 0 Å². The van der Waals surface area contributed by atoms with Crippen molar-refractivity contribution < 1.29 is 14.7 Å². The number of likely N-dealkylation sites (tertiary alicyclic amines) is 1. The Morgan fingerprint density at radius 3 is 2.36 bits per heavy atom. The summed E-state index contributed by atoms with van der Waals surface area (Å²) in [6, 6.07) is 14.2. The Morgan fingerprint density at radius 1 is 1.09 bits per heavy atom. The number of aliphatic hydroxyl groups excluding tert-OH is 1. The molecule has 1 saturated heterocycles. The molecule has 1 aliphatic heterocycles. The van der Waals surface area contributed by atoms with Crippen molar-refractivity contribution in [2.24, 2.45) is 0 Å². The van der Waals surface area contributed by atoms with E-state index >= 15 is 0 Å². The SMILES string of the molecule is Cc1cc(=O)n(-c2ccc(NC(=O)C[C@H]3C[C@@H](O)CN3C(=O)Nc3ccc(Cl)cc3)cc2)[nH]1. The average Bonchev–Trinajstić information content (AvgIpc) is 3.31. The summed E-state index contributed by atoms with van der Waals surface area (Å²) < 4.78 is 1.41. The first-order chi connectivity index (χ1) is 15.8. The maximum atomic E-state index is 12.7. The van der Waals surface area contributed by atoms with Gasteiger partial charge in [0.15, 0.2) is 0 Å². The number of aromatic nitrogens is 2. The van der Waals surface area contributed by atoms with Crippen molar-refractivity contribution in [2.75, 3.05) is 17.2 Å². The normalized spacial score (nSPS) is 17.7. The molecule has 0 saturated carbocycles. The Balaban J connectivity index is 1.37. The molecule has 33 heavy (non-hydrogen) atoms. The van der Waals surface area contributed by atoms with E-state index in [2.05, 4.69) is 15.7 Å². The predicted octanol–water partition coefficient (Wildman–Crippen LogP) is 3.12. The van der Waals surface area contributed by atoms with Crippen LogP contribution in [0.15, 0.2) is 59.4 Å². The molecule has 2 atom stereocenters. The predicted molar refractivity (Wildman–Crippen MR) is 126 cm³/mol. The number of carbonyl (C=O) groups is 2. The van der Waals surface area contributed by atoms with Gasteiger partial charge in [0.05, 0.1) is 11.8 Å². The summed E-state index contributed by atoms with van der Waals surface area (Å²) in [6.07, 6.45) is -0.335. The molecule has 2 aromatic carbocycles. The smallest absolute Gasteiger partial charge is 0.322 e. The molecule has 4 rings (SSSR count). The summed E-state index contributed by atoms with van der Waals surface area (Å²) in [5, 5.41) is 19.2. The van der Waals surface area contributed by atoms with Crippen LogP contribution >= 0.6 is 11.6 Å². The third-order valence-corrected chi connectivity index (χ3v) is 5.68. The molecule has 1 aromatic heterocycles. The van der Waals surface area contributed by atoms with Gasteiger partial charge in [-0.25, -0.2) is 9.48 Å². The van der Waals surface area contributed by atoms with Crippen LogP contribution in [0.3, 0.4) is 0 Å². The number of hydrogen-bond acceptors (Lipinski definition) is 4. The van der Waals surface area contributed by atoms with Crippen molar-refractivity contribution in [1.29, 1.82) is 0 Å². The Labute approximate surface area is 195 Å². The second kappa shape index (κ2) is 9.51. The number of anilines is 2. The number of amides is 3. The quantitative estimate of drug-likeness (QED) is 0.459. The van der Waals surface area contributed by atoms with Gasteiger partial charge in [-0.05, 0) is 61.9 Å². The molecule has 4 N–H and O–H groups in total. The highest BCUT2D eigenvalue weighted by Crippen LogP contribution is 2.23. The molecule has 0 unspecified atom stereocenters. The first kappa shape index (κ1) is 22.6. The van der Waals surface area contributed by atoms with Crippen molar-refractivity contribution in [3.8, 4) is 5.69 Å². The molecular weight excluding hydrogens is 446 g/mol. The minimum absolute atomic E-state index is 0.0438. The van der Waals surface area contributed by atoms with Gasteiger partial charge in [-0.15, -0.1) is 0 Å². The Hall–Kier alpha value is -3.56. The number of aryl methyl sites for hydroxylation is 1. The number of aromatic amines is 1. The Morgan fingerprint density at radius 2 is 1.73 bits per heavy atom. The number of urea groups is 1. The van der Waals surface area contributed by atoms with Gasteiger partial charge in [-0.1, -0.05) is 11.6 Å². The van der Waals surface area contributed by atoms with E-state index in [-0.39, 0.29) is 30.5 Å². The summed E-state index contributed by atoms with van der Waals surface area (Å²) in [7, 11) is 0. The highest BCUT2D eigenvalue weighted by Gasteiger charge is 2.35. The average molecular weight is 470 g/mol. The first-order valence-corrected chi connectivity index (χ1v) is 10.9. The fourth-order valence-corrected chi connectivity index (χ4v) is 4.01. The second-order valence-corrected chi connectivity index (χ2v) is 8.48. The third-order valence-electron chi connectivity index (χ3n) is 5.43. The summed E-state index contributed by atoms with van der Waals surface area (Å²) in [5.74, 6) is -0.279. The summed E-state index contributed by atoms with van der Waals surface area (Å²) in [5.41, 5.74) is 2.37. The van der Waals surface area contributed by atoms with Crippen molar-refractivity contribution >= 4 is 34.9 Å². The van der Waals surface area contributed by atoms with E-state index in [1.54, 1.807) is 55.5 Å². The lowest BCUT2D eigenvalue weighted by Gasteiger charge is -2.24. The number of β-amino-alcohol motifs (C(OH)–C–C–N with tert-alkyl or cyclic N) is 1. The van der Waals surface area contributed by atoms with Crippen LogP contribution < -0.4 is 16.2 Å². The van der Waals surface area contributed by atoms with Crippen LogP contribution in [0.25, 0.3) is 5.69 Å². The van der Waals surface area contributed by atoms with Crippen LogP contribution in [0.1, 0.15) is 18.5 Å². The van der Waals surface area contributed by atoms with Gasteiger partial charge in [0.25, 0.3) is 5.56 Å². The van der Waals surface area contributed by atoms with Crippen LogP contribution in [0.5, 0.6) is 0 Å². The lowest BCUT2D eigenvalue weighted by molar-refractivity contribution is -0.117. The minimum atomic E-state index is -0.694. The lowest BCUT2D eigenvalue weighted by Crippen LogP contribution is -2.40. The van der Waals surface area contributed by atoms with E-state index in [9.17, 15) is 19.5 Å². The first-order valence-electron chi connectivity index (χ1n) is 10.5. The molecule has 9 nitrogen and oxygen atoms in total. The Kier molecular flexibility index (Phi) is 6.52. The van der Waals surface area contributed by atoms with Gasteiger partial charge in [0, 0.05) is 47.2 Å². The number of H-pyrrole nitrogens is 1. The zero-order chi connectivity index (χ0) is 23.5. The summed E-state index contributed by atoms with van der Waals surface area (Å²) in [6.45, 7) is 1.95. The van der Waals surface area contributed by atoms with Gasteiger partial charge < -0.3 is 20.6 Å². The van der Waals surface area contributed by atoms with E-state index in [0.717, 1.165) is 5.69 Å². The largest absolute Gasteiger partial charge is 0.391 e. The van der Waals surface area contributed by atoms with Gasteiger partial charge >= 0.3 is 6.03 Å². The number of benzene rings is 2. The summed E-state index contributed by atoms with van der Waals surface area (Å²) >= 11 is 5.87. The van der Waals surface area contributed by atoms with Crippen LogP contribution in [-0.2, 0) is 4.79 Å². The van der Waals surface area contributed by atoms with Gasteiger partial charge in [-0.3, -0.25) is 14.7 Å². The van der Waals surface area contributed by atoms with E-state index < -0.39 is 12.1 Å². The van der Waals surface area contributed by atoms with Gasteiger partial charge in [0.2, 0.25) is 5.91 Å².